The Morgan fingerprint density at radius 2 is 1.74 bits per heavy atom. The number of benzene rings is 1. The molecule has 0 unspecified atom stereocenters. The topological polar surface area (TPSA) is 39.5 Å². The first-order valence-corrected chi connectivity index (χ1v) is 6.82. The highest BCUT2D eigenvalue weighted by molar-refractivity contribution is 5.14. The lowest BCUT2D eigenvalue weighted by Gasteiger charge is -2.34. The zero-order chi connectivity index (χ0) is 13.3. The van der Waals surface area contributed by atoms with Crippen molar-refractivity contribution in [2.75, 3.05) is 45.9 Å². The molecule has 0 spiro atoms. The average Bonchev–Trinajstić information content (AvgIpc) is 2.46. The normalized spacial score (nSPS) is 17.2. The van der Waals surface area contributed by atoms with E-state index in [2.05, 4.69) is 40.1 Å². The Labute approximate surface area is 115 Å². The molecule has 0 radical (unpaired) electrons. The molecule has 0 atom stereocenters. The molecule has 1 aliphatic heterocycles. The number of hydrogen-bond acceptors (Lipinski definition) is 4. The summed E-state index contributed by atoms with van der Waals surface area (Å²) in [5, 5.41) is 8.38. The maximum Gasteiger partial charge on any atom is 0.133 e. The van der Waals surface area contributed by atoms with Crippen LogP contribution >= 0.6 is 0 Å². The van der Waals surface area contributed by atoms with E-state index in [4.69, 9.17) is 10.00 Å². The van der Waals surface area contributed by atoms with Gasteiger partial charge in [0, 0.05) is 39.3 Å². The molecule has 0 N–H and O–H groups in total. The van der Waals surface area contributed by atoms with Gasteiger partial charge in [0.2, 0.25) is 0 Å². The molecule has 1 fully saturated rings. The fraction of sp³-hybridized carbons (Fsp3) is 0.533. The Kier molecular flexibility index (Phi) is 5.83. The van der Waals surface area contributed by atoms with Gasteiger partial charge in [-0.2, -0.15) is 5.26 Å². The van der Waals surface area contributed by atoms with Crippen LogP contribution in [0.2, 0.25) is 0 Å². The highest BCUT2D eigenvalue weighted by atomic mass is 16.5. The zero-order valence-electron chi connectivity index (χ0n) is 11.3. The van der Waals surface area contributed by atoms with Crippen LogP contribution in [0.1, 0.15) is 5.56 Å². The van der Waals surface area contributed by atoms with E-state index in [9.17, 15) is 0 Å². The number of nitriles is 1. The van der Waals surface area contributed by atoms with Gasteiger partial charge in [-0.3, -0.25) is 9.80 Å². The van der Waals surface area contributed by atoms with Gasteiger partial charge in [0.15, 0.2) is 0 Å². The van der Waals surface area contributed by atoms with Gasteiger partial charge in [-0.25, -0.2) is 0 Å². The molecule has 0 aromatic heterocycles. The minimum Gasteiger partial charge on any atom is -0.365 e. The molecule has 1 saturated heterocycles. The lowest BCUT2D eigenvalue weighted by Crippen LogP contribution is -2.46. The lowest BCUT2D eigenvalue weighted by molar-refractivity contribution is 0.0849. The number of piperazine rings is 1. The first-order valence-electron chi connectivity index (χ1n) is 6.82. The van der Waals surface area contributed by atoms with E-state index in [1.54, 1.807) is 0 Å². The fourth-order valence-electron chi connectivity index (χ4n) is 2.32. The van der Waals surface area contributed by atoms with Crippen molar-refractivity contribution in [3.05, 3.63) is 35.9 Å². The number of hydrogen-bond donors (Lipinski definition) is 0. The summed E-state index contributed by atoms with van der Waals surface area (Å²) in [6.45, 7) is 7.21. The van der Waals surface area contributed by atoms with Gasteiger partial charge < -0.3 is 4.74 Å². The average molecular weight is 259 g/mol. The third-order valence-corrected chi connectivity index (χ3v) is 3.43. The third kappa shape index (κ3) is 4.99. The third-order valence-electron chi connectivity index (χ3n) is 3.43. The SMILES string of the molecule is N#CCOCCN1CCN(Cc2ccccc2)CC1. The van der Waals surface area contributed by atoms with Crippen LogP contribution in [-0.4, -0.2) is 55.7 Å². The molecule has 1 heterocycles. The van der Waals surface area contributed by atoms with Crippen LogP contribution in [0.25, 0.3) is 0 Å². The van der Waals surface area contributed by atoms with Crippen LogP contribution in [0.4, 0.5) is 0 Å². The Bertz CT molecular complexity index is 394. The minimum atomic E-state index is 0.202. The molecule has 0 aliphatic carbocycles. The molecule has 1 aromatic rings. The van der Waals surface area contributed by atoms with Gasteiger partial charge >= 0.3 is 0 Å². The van der Waals surface area contributed by atoms with Gasteiger partial charge in [0.1, 0.15) is 6.61 Å². The van der Waals surface area contributed by atoms with E-state index in [1.165, 1.54) is 5.56 Å². The molecular formula is C15H21N3O. The summed E-state index contributed by atoms with van der Waals surface area (Å²) >= 11 is 0. The van der Waals surface area contributed by atoms with Crippen molar-refractivity contribution in [3.8, 4) is 6.07 Å². The monoisotopic (exact) mass is 259 g/mol. The molecule has 4 nitrogen and oxygen atoms in total. The van der Waals surface area contributed by atoms with Crippen LogP contribution in [0, 0.1) is 11.3 Å². The molecule has 1 aromatic carbocycles. The van der Waals surface area contributed by atoms with E-state index >= 15 is 0 Å². The summed E-state index contributed by atoms with van der Waals surface area (Å²) in [5.74, 6) is 0. The van der Waals surface area contributed by atoms with Gasteiger partial charge in [-0.15, -0.1) is 0 Å². The molecule has 0 bridgehead atoms. The lowest BCUT2D eigenvalue weighted by atomic mass is 10.2. The van der Waals surface area contributed by atoms with Gasteiger partial charge in [0.05, 0.1) is 12.7 Å². The molecule has 102 valence electrons. The highest BCUT2D eigenvalue weighted by Gasteiger charge is 2.16. The standard InChI is InChI=1S/C15H21N3O/c16-6-12-19-13-11-17-7-9-18(10-8-17)14-15-4-2-1-3-5-15/h1-5H,7-14H2. The Morgan fingerprint density at radius 3 is 2.42 bits per heavy atom. The van der Waals surface area contributed by atoms with E-state index in [0.717, 1.165) is 39.3 Å². The second-order valence-corrected chi connectivity index (χ2v) is 4.81. The molecule has 0 saturated carbocycles. The number of nitrogens with zero attached hydrogens (tertiary/aromatic N) is 3. The van der Waals surface area contributed by atoms with Crippen molar-refractivity contribution in [3.63, 3.8) is 0 Å². The highest BCUT2D eigenvalue weighted by Crippen LogP contribution is 2.08. The van der Waals surface area contributed by atoms with Crippen LogP contribution in [0.3, 0.4) is 0 Å². The van der Waals surface area contributed by atoms with E-state index in [0.29, 0.717) is 6.61 Å². The van der Waals surface area contributed by atoms with Crippen molar-refractivity contribution in [1.82, 2.24) is 9.80 Å². The second kappa shape index (κ2) is 7.90. The first-order chi connectivity index (χ1) is 9.38. The van der Waals surface area contributed by atoms with Crippen LogP contribution < -0.4 is 0 Å². The molecule has 1 aliphatic rings. The van der Waals surface area contributed by atoms with Crippen LogP contribution in [0.15, 0.2) is 30.3 Å². The minimum absolute atomic E-state index is 0.202. The van der Waals surface area contributed by atoms with Crippen molar-refractivity contribution in [1.29, 1.82) is 5.26 Å². The number of rotatable bonds is 6. The van der Waals surface area contributed by atoms with Gasteiger partial charge in [-0.05, 0) is 5.56 Å². The van der Waals surface area contributed by atoms with Crippen molar-refractivity contribution < 1.29 is 4.74 Å². The predicted molar refractivity (Wildman–Crippen MR) is 74.6 cm³/mol. The maximum atomic E-state index is 8.38. The van der Waals surface area contributed by atoms with E-state index in [-0.39, 0.29) is 6.61 Å². The van der Waals surface area contributed by atoms with E-state index < -0.39 is 0 Å². The summed E-state index contributed by atoms with van der Waals surface area (Å²) in [5.41, 5.74) is 1.38. The quantitative estimate of drug-likeness (QED) is 0.723. The molecule has 19 heavy (non-hydrogen) atoms. The van der Waals surface area contributed by atoms with Crippen molar-refractivity contribution in [2.24, 2.45) is 0 Å². The summed E-state index contributed by atoms with van der Waals surface area (Å²) in [7, 11) is 0. The largest absolute Gasteiger partial charge is 0.365 e. The molecule has 0 amide bonds. The molecule has 2 rings (SSSR count). The maximum absolute atomic E-state index is 8.38. The second-order valence-electron chi connectivity index (χ2n) is 4.81. The van der Waals surface area contributed by atoms with Crippen molar-refractivity contribution >= 4 is 0 Å². The zero-order valence-corrected chi connectivity index (χ0v) is 11.3. The summed E-state index contributed by atoms with van der Waals surface area (Å²) in [4.78, 5) is 4.89. The van der Waals surface area contributed by atoms with Crippen molar-refractivity contribution in [2.45, 2.75) is 6.54 Å². The Balaban J connectivity index is 1.64. The first kappa shape index (κ1) is 14.0. The smallest absolute Gasteiger partial charge is 0.133 e. The Hall–Kier alpha value is -1.41. The summed E-state index contributed by atoms with van der Waals surface area (Å²) in [6.07, 6.45) is 0. The van der Waals surface area contributed by atoms with Gasteiger partial charge in [0.25, 0.3) is 0 Å². The van der Waals surface area contributed by atoms with Crippen LogP contribution in [-0.2, 0) is 11.3 Å². The van der Waals surface area contributed by atoms with E-state index in [1.807, 2.05) is 6.07 Å². The molecular weight excluding hydrogens is 238 g/mol. The Morgan fingerprint density at radius 1 is 1.05 bits per heavy atom. The number of ether oxygens (including phenoxy) is 1. The van der Waals surface area contributed by atoms with Gasteiger partial charge in [-0.1, -0.05) is 30.3 Å². The fourth-order valence-corrected chi connectivity index (χ4v) is 2.32. The molecule has 4 heteroatoms. The van der Waals surface area contributed by atoms with Crippen LogP contribution in [0.5, 0.6) is 0 Å². The summed E-state index contributed by atoms with van der Waals surface area (Å²) < 4.78 is 5.19. The predicted octanol–water partition coefficient (Wildman–Crippen LogP) is 1.34. The summed E-state index contributed by atoms with van der Waals surface area (Å²) in [6, 6.07) is 12.6.